The second kappa shape index (κ2) is 10.5. The van der Waals surface area contributed by atoms with Gasteiger partial charge in [-0.15, -0.1) is 0 Å². The van der Waals surface area contributed by atoms with Gasteiger partial charge in [-0.25, -0.2) is 9.97 Å². The molecule has 2 fully saturated rings. The summed E-state index contributed by atoms with van der Waals surface area (Å²) in [6.45, 7) is -0.00308. The zero-order chi connectivity index (χ0) is 25.2. The van der Waals surface area contributed by atoms with E-state index >= 15 is 0 Å². The third-order valence-corrected chi connectivity index (χ3v) is 8.13. The molecular formula is C28H36N4O4. The number of Topliss-reactive ketones (excluding diaryl/α,β-unsaturated/α-hetero) is 1. The number of aromatic nitrogens is 2. The Morgan fingerprint density at radius 1 is 1.17 bits per heavy atom. The number of carbonyl (C=O) groups excluding carboxylic acids is 2. The third kappa shape index (κ3) is 4.59. The Bertz CT molecular complexity index is 1130. The Morgan fingerprint density at radius 3 is 2.72 bits per heavy atom. The molecule has 2 saturated carbocycles. The molecule has 1 aliphatic heterocycles. The van der Waals surface area contributed by atoms with Gasteiger partial charge in [-0.2, -0.15) is 0 Å². The van der Waals surface area contributed by atoms with Gasteiger partial charge in [0.1, 0.15) is 17.3 Å². The van der Waals surface area contributed by atoms with Crippen molar-refractivity contribution in [2.45, 2.75) is 76.3 Å². The summed E-state index contributed by atoms with van der Waals surface area (Å²) in [6.07, 6.45) is 10.8. The molecule has 2 heterocycles. The number of methoxy groups -OCH3 is 1. The van der Waals surface area contributed by atoms with E-state index in [0.29, 0.717) is 42.4 Å². The molecule has 0 radical (unpaired) electrons. The lowest BCUT2D eigenvalue weighted by molar-refractivity contribution is -0.122. The van der Waals surface area contributed by atoms with Crippen LogP contribution >= 0.6 is 0 Å². The summed E-state index contributed by atoms with van der Waals surface area (Å²) in [4.78, 5) is 39.8. The summed E-state index contributed by atoms with van der Waals surface area (Å²) >= 11 is 0. The van der Waals surface area contributed by atoms with Crippen molar-refractivity contribution in [2.24, 2.45) is 5.92 Å². The molecular weight excluding hydrogens is 456 g/mol. The van der Waals surface area contributed by atoms with E-state index in [1.165, 1.54) is 12.8 Å². The quantitative estimate of drug-likeness (QED) is 0.558. The van der Waals surface area contributed by atoms with Crippen LogP contribution in [0.5, 0.6) is 5.75 Å². The zero-order valence-corrected chi connectivity index (χ0v) is 21.3. The number of nitrogens with zero attached hydrogens (tertiary/aromatic N) is 4. The lowest BCUT2D eigenvalue weighted by Gasteiger charge is -2.36. The molecule has 2 aromatic rings. The number of aliphatic hydroxyl groups excluding tert-OH is 1. The maximum absolute atomic E-state index is 13.3. The van der Waals surface area contributed by atoms with Crippen LogP contribution in [0.3, 0.4) is 0 Å². The van der Waals surface area contributed by atoms with Gasteiger partial charge in [-0.05, 0) is 38.2 Å². The summed E-state index contributed by atoms with van der Waals surface area (Å²) in [7, 11) is 3.45. The Kier molecular flexibility index (Phi) is 7.23. The summed E-state index contributed by atoms with van der Waals surface area (Å²) in [5.41, 5.74) is 2.27. The average molecular weight is 493 g/mol. The van der Waals surface area contributed by atoms with Crippen LogP contribution in [0.15, 0.2) is 24.4 Å². The molecule has 36 heavy (non-hydrogen) atoms. The number of ether oxygens (including phenoxy) is 1. The highest BCUT2D eigenvalue weighted by atomic mass is 16.5. The van der Waals surface area contributed by atoms with Crippen molar-refractivity contribution in [3.05, 3.63) is 41.3 Å². The van der Waals surface area contributed by atoms with Crippen molar-refractivity contribution in [1.82, 2.24) is 9.97 Å². The van der Waals surface area contributed by atoms with E-state index in [-0.39, 0.29) is 30.3 Å². The Hall–Kier alpha value is -3.00. The van der Waals surface area contributed by atoms with Gasteiger partial charge in [0.2, 0.25) is 5.91 Å². The molecule has 2 atom stereocenters. The number of ketones is 1. The van der Waals surface area contributed by atoms with Crippen molar-refractivity contribution >= 4 is 23.2 Å². The van der Waals surface area contributed by atoms with Crippen LogP contribution in [0, 0.1) is 5.92 Å². The molecule has 1 amide bonds. The monoisotopic (exact) mass is 492 g/mol. The molecule has 1 aromatic heterocycles. The van der Waals surface area contributed by atoms with E-state index in [2.05, 4.69) is 9.88 Å². The predicted molar refractivity (Wildman–Crippen MR) is 138 cm³/mol. The number of fused-ring (bicyclic) bond motifs is 2. The highest BCUT2D eigenvalue weighted by molar-refractivity contribution is 5.99. The summed E-state index contributed by atoms with van der Waals surface area (Å²) in [6, 6.07) is 6.08. The number of hydrogen-bond donors (Lipinski definition) is 1. The first-order chi connectivity index (χ1) is 17.5. The van der Waals surface area contributed by atoms with Gasteiger partial charge in [-0.1, -0.05) is 31.4 Å². The highest BCUT2D eigenvalue weighted by Crippen LogP contribution is 2.44. The predicted octanol–water partition coefficient (Wildman–Crippen LogP) is 3.93. The van der Waals surface area contributed by atoms with Crippen molar-refractivity contribution in [1.29, 1.82) is 0 Å². The zero-order valence-electron chi connectivity index (χ0n) is 21.3. The Labute approximate surface area is 212 Å². The molecule has 8 heteroatoms. The molecule has 0 spiro atoms. The lowest BCUT2D eigenvalue weighted by atomic mass is 9.99. The maximum Gasteiger partial charge on any atom is 0.232 e. The van der Waals surface area contributed by atoms with Gasteiger partial charge >= 0.3 is 0 Å². The number of amides is 1. The van der Waals surface area contributed by atoms with Crippen LogP contribution in [0.25, 0.3) is 0 Å². The van der Waals surface area contributed by atoms with Crippen LogP contribution < -0.4 is 14.5 Å². The minimum absolute atomic E-state index is 0.00308. The van der Waals surface area contributed by atoms with Gasteiger partial charge in [-0.3, -0.25) is 9.59 Å². The standard InChI is InChI=1S/C28H36N4O4/c1-31-23-17-29-26(16-19-13-12-18(15-25(19)36-2)24(34)11-6-14-33)30-27(23)32(20-7-3-4-8-20)22-10-5-9-21(22)28(31)35/h12-13,15,17,20-22,33H,3-11,14,16H2,1-2H3/t21-,22+/m0/s1. The minimum Gasteiger partial charge on any atom is -0.496 e. The van der Waals surface area contributed by atoms with E-state index in [4.69, 9.17) is 14.8 Å². The second-order valence-corrected chi connectivity index (χ2v) is 10.3. The topological polar surface area (TPSA) is 95.9 Å². The van der Waals surface area contributed by atoms with E-state index in [1.807, 2.05) is 13.1 Å². The molecule has 8 nitrogen and oxygen atoms in total. The summed E-state index contributed by atoms with van der Waals surface area (Å²) in [5.74, 6) is 2.36. The first kappa shape index (κ1) is 24.7. The smallest absolute Gasteiger partial charge is 0.232 e. The van der Waals surface area contributed by atoms with E-state index < -0.39 is 0 Å². The van der Waals surface area contributed by atoms with Gasteiger partial charge < -0.3 is 19.6 Å². The van der Waals surface area contributed by atoms with E-state index in [1.54, 1.807) is 30.3 Å². The molecule has 2 aliphatic carbocycles. The molecule has 3 aliphatic rings. The number of aliphatic hydroxyl groups is 1. The van der Waals surface area contributed by atoms with E-state index in [0.717, 1.165) is 49.2 Å². The Balaban J connectivity index is 1.48. The minimum atomic E-state index is -0.0128. The van der Waals surface area contributed by atoms with E-state index in [9.17, 15) is 9.59 Å². The SMILES string of the molecule is COc1cc(C(=O)CCCO)ccc1Cc1ncc2c(n1)N(C1CCCC1)[C@@H]1CCC[C@@H]1C(=O)N2C. The maximum atomic E-state index is 13.3. The Morgan fingerprint density at radius 2 is 1.97 bits per heavy atom. The molecule has 1 N–H and O–H groups in total. The molecule has 0 saturated heterocycles. The fourth-order valence-electron chi connectivity index (χ4n) is 6.24. The molecule has 5 rings (SSSR count). The van der Waals surface area contributed by atoms with Crippen LogP contribution in [0.2, 0.25) is 0 Å². The molecule has 0 unspecified atom stereocenters. The van der Waals surface area contributed by atoms with Gasteiger partial charge in [0.25, 0.3) is 0 Å². The fraction of sp³-hybridized carbons (Fsp3) is 0.571. The van der Waals surface area contributed by atoms with Crippen LogP contribution in [-0.4, -0.2) is 59.6 Å². The molecule has 1 aromatic carbocycles. The van der Waals surface area contributed by atoms with Gasteiger partial charge in [0, 0.05) is 49.7 Å². The van der Waals surface area contributed by atoms with Crippen LogP contribution in [0.1, 0.15) is 79.5 Å². The molecule has 192 valence electrons. The number of hydrogen-bond acceptors (Lipinski definition) is 7. The molecule has 0 bridgehead atoms. The van der Waals surface area contributed by atoms with Crippen molar-refractivity contribution < 1.29 is 19.4 Å². The number of benzene rings is 1. The normalized spacial score (nSPS) is 21.9. The average Bonchev–Trinajstić information content (AvgIpc) is 3.59. The lowest BCUT2D eigenvalue weighted by Crippen LogP contribution is -2.46. The summed E-state index contributed by atoms with van der Waals surface area (Å²) < 4.78 is 5.62. The van der Waals surface area contributed by atoms with Gasteiger partial charge in [0.05, 0.1) is 19.2 Å². The number of carbonyl (C=O) groups is 2. The van der Waals surface area contributed by atoms with Crippen molar-refractivity contribution in [3.63, 3.8) is 0 Å². The third-order valence-electron chi connectivity index (χ3n) is 8.13. The second-order valence-electron chi connectivity index (χ2n) is 10.3. The first-order valence-corrected chi connectivity index (χ1v) is 13.2. The van der Waals surface area contributed by atoms with Crippen molar-refractivity contribution in [3.8, 4) is 5.75 Å². The van der Waals surface area contributed by atoms with Crippen LogP contribution in [-0.2, 0) is 11.2 Å². The highest BCUT2D eigenvalue weighted by Gasteiger charge is 2.45. The number of rotatable bonds is 8. The van der Waals surface area contributed by atoms with Crippen molar-refractivity contribution in [2.75, 3.05) is 30.6 Å². The van der Waals surface area contributed by atoms with Gasteiger partial charge in [0.15, 0.2) is 11.6 Å². The van der Waals surface area contributed by atoms with Crippen LogP contribution in [0.4, 0.5) is 11.5 Å². The number of anilines is 2. The largest absolute Gasteiger partial charge is 0.496 e. The summed E-state index contributed by atoms with van der Waals surface area (Å²) in [5, 5.41) is 9.03. The fourth-order valence-corrected chi connectivity index (χ4v) is 6.24. The first-order valence-electron chi connectivity index (χ1n) is 13.2.